The SMILES string of the molecule is CCCSc1nnc(N=Nc2cc(OCCCS(=O)(=O)O)c(N=Nc3ccc4c(S(=O)(=O)O)c(N=Nc5c(C)nn(-c6ccc7c(S(=O)(=O)O)cc(S(=O)(=O)O)cc7c6)c5O)ccc4c3O)cc2C)s1. The molecule has 25 nitrogen and oxygen atoms in total. The predicted molar refractivity (Wildman–Crippen MR) is 254 cm³/mol. The average Bonchev–Trinajstić information content (AvgIpc) is 3.85. The number of aromatic nitrogens is 4. The zero-order valence-electron chi connectivity index (χ0n) is 36.2. The number of phenols is 1. The third kappa shape index (κ3) is 11.8. The van der Waals surface area contributed by atoms with E-state index in [1.54, 1.807) is 6.92 Å². The Balaban J connectivity index is 1.21. The highest BCUT2D eigenvalue weighted by Gasteiger charge is 2.25. The van der Waals surface area contributed by atoms with Gasteiger partial charge in [0.2, 0.25) is 5.88 Å². The maximum Gasteiger partial charge on any atom is 0.297 e. The zero-order chi connectivity index (χ0) is 50.9. The van der Waals surface area contributed by atoms with E-state index in [4.69, 9.17) is 4.74 Å². The van der Waals surface area contributed by atoms with E-state index in [1.807, 2.05) is 6.92 Å². The molecule has 0 bridgehead atoms. The van der Waals surface area contributed by atoms with E-state index >= 15 is 0 Å². The monoisotopic (exact) mass is 1080 g/mol. The summed E-state index contributed by atoms with van der Waals surface area (Å²) >= 11 is 2.78. The molecule has 0 atom stereocenters. The molecule has 5 aromatic carbocycles. The van der Waals surface area contributed by atoms with Crippen molar-refractivity contribution in [1.29, 1.82) is 0 Å². The van der Waals surface area contributed by atoms with Gasteiger partial charge in [0.15, 0.2) is 15.8 Å². The fourth-order valence-electron chi connectivity index (χ4n) is 6.55. The van der Waals surface area contributed by atoms with Gasteiger partial charge in [-0.2, -0.15) is 43.5 Å². The van der Waals surface area contributed by atoms with Gasteiger partial charge in [0, 0.05) is 28.0 Å². The van der Waals surface area contributed by atoms with Crippen molar-refractivity contribution in [2.45, 2.75) is 52.6 Å². The standard InChI is InChI=1S/C39H36N10O15S6/c1-4-13-65-39-47-46-38(66-39)45-42-30-19-32(64-12-5-14-67(52,53)54)31(15-20(30)2)43-40-28-10-9-27-26(35(28)50)8-11-29(36(27)70(61,62)63)41-44-34-21(3)48-49(37(34)51)23-6-7-25-22(16-23)17-24(68(55,56)57)18-33(25)69(58,59)60/h6-11,15-19,50-51H,4-5,12-14H2,1-3H3,(H,52,53,54)(H,55,56,57)(H,58,59,60)(H,61,62,63). The van der Waals surface area contributed by atoms with Crippen molar-refractivity contribution in [2.75, 3.05) is 18.1 Å². The van der Waals surface area contributed by atoms with E-state index in [0.29, 0.717) is 22.4 Å². The van der Waals surface area contributed by atoms with Crippen molar-refractivity contribution in [1.82, 2.24) is 20.0 Å². The van der Waals surface area contributed by atoms with Gasteiger partial charge >= 0.3 is 0 Å². The van der Waals surface area contributed by atoms with Crippen molar-refractivity contribution < 1.29 is 66.8 Å². The van der Waals surface area contributed by atoms with Crippen LogP contribution >= 0.6 is 23.1 Å². The lowest BCUT2D eigenvalue weighted by molar-refractivity contribution is 0.317. The average molecular weight is 1080 g/mol. The molecule has 7 rings (SSSR count). The molecule has 31 heteroatoms. The molecule has 0 saturated heterocycles. The van der Waals surface area contributed by atoms with Gasteiger partial charge in [-0.3, -0.25) is 18.2 Å². The van der Waals surface area contributed by atoms with Crippen LogP contribution in [0.2, 0.25) is 0 Å². The van der Waals surface area contributed by atoms with Crippen LogP contribution in [0.15, 0.2) is 116 Å². The first-order valence-corrected chi connectivity index (χ1v) is 27.6. The van der Waals surface area contributed by atoms with E-state index in [0.717, 1.165) is 33.3 Å². The summed E-state index contributed by atoms with van der Waals surface area (Å²) in [5.41, 5.74) is 0.0134. The zero-order valence-corrected chi connectivity index (χ0v) is 41.1. The lowest BCUT2D eigenvalue weighted by Crippen LogP contribution is -2.08. The molecule has 0 amide bonds. The van der Waals surface area contributed by atoms with Gasteiger partial charge in [0.25, 0.3) is 45.6 Å². The van der Waals surface area contributed by atoms with Crippen molar-refractivity contribution in [2.24, 2.45) is 30.7 Å². The molecule has 70 heavy (non-hydrogen) atoms. The van der Waals surface area contributed by atoms with Gasteiger partial charge in [-0.25, -0.2) is 0 Å². The first-order chi connectivity index (χ1) is 32.8. The Bertz CT molecular complexity index is 3790. The first-order valence-electron chi connectivity index (χ1n) is 19.8. The van der Waals surface area contributed by atoms with Gasteiger partial charge in [-0.15, -0.1) is 40.9 Å². The molecule has 0 saturated carbocycles. The lowest BCUT2D eigenvalue weighted by Gasteiger charge is -2.11. The molecular weight excluding hydrogens is 1040 g/mol. The third-order valence-electron chi connectivity index (χ3n) is 9.71. The Morgan fingerprint density at radius 1 is 0.700 bits per heavy atom. The number of rotatable bonds is 18. The van der Waals surface area contributed by atoms with Crippen molar-refractivity contribution in [3.05, 3.63) is 78.0 Å². The predicted octanol–water partition coefficient (Wildman–Crippen LogP) is 9.20. The molecule has 2 aromatic heterocycles. The second-order valence-corrected chi connectivity index (χ2v) is 22.8. The summed E-state index contributed by atoms with van der Waals surface area (Å²) in [6.45, 7) is 4.93. The van der Waals surface area contributed by atoms with E-state index in [-0.39, 0.29) is 68.8 Å². The van der Waals surface area contributed by atoms with Crippen molar-refractivity contribution in [3.8, 4) is 23.1 Å². The van der Waals surface area contributed by atoms with Crippen LogP contribution in [0.5, 0.6) is 17.4 Å². The van der Waals surface area contributed by atoms with Crippen LogP contribution < -0.4 is 4.74 Å². The van der Waals surface area contributed by atoms with Crippen LogP contribution in [-0.4, -0.2) is 100 Å². The quantitative estimate of drug-likeness (QED) is 0.0202. The fraction of sp³-hybridized carbons (Fsp3) is 0.205. The number of hydrogen-bond acceptors (Lipinski definition) is 22. The number of aryl methyl sites for hydroxylation is 2. The van der Waals surface area contributed by atoms with Crippen LogP contribution in [-0.2, 0) is 40.5 Å². The van der Waals surface area contributed by atoms with Gasteiger partial charge in [-0.05, 0) is 86.2 Å². The minimum absolute atomic E-state index is 0.00473. The Hall–Kier alpha value is -6.42. The highest BCUT2D eigenvalue weighted by Crippen LogP contribution is 2.44. The first kappa shape index (κ1) is 51.4. The Morgan fingerprint density at radius 3 is 2.06 bits per heavy atom. The maximum atomic E-state index is 12.9. The summed E-state index contributed by atoms with van der Waals surface area (Å²) in [6.07, 6.45) is 0.842. The summed E-state index contributed by atoms with van der Waals surface area (Å²) in [5.74, 6) is -0.949. The highest BCUT2D eigenvalue weighted by atomic mass is 32.2. The van der Waals surface area contributed by atoms with E-state index in [1.165, 1.54) is 78.6 Å². The molecule has 2 heterocycles. The van der Waals surface area contributed by atoms with Gasteiger partial charge in [0.1, 0.15) is 32.6 Å². The number of aromatic hydroxyl groups is 2. The summed E-state index contributed by atoms with van der Waals surface area (Å²) in [5, 5.41) is 59.3. The number of benzene rings is 5. The smallest absolute Gasteiger partial charge is 0.297 e. The second-order valence-electron chi connectivity index (χ2n) is 14.8. The molecule has 0 aliphatic heterocycles. The topological polar surface area (TPSA) is 385 Å². The van der Waals surface area contributed by atoms with Crippen molar-refractivity contribution in [3.63, 3.8) is 0 Å². The Labute approximate surface area is 405 Å². The molecule has 7 aromatic rings. The van der Waals surface area contributed by atoms with Crippen LogP contribution in [0.1, 0.15) is 31.0 Å². The minimum atomic E-state index is -5.13. The van der Waals surface area contributed by atoms with Crippen LogP contribution in [0.4, 0.5) is 33.6 Å². The molecule has 0 aliphatic rings. The van der Waals surface area contributed by atoms with E-state index < -0.39 is 78.2 Å². The third-order valence-corrected chi connectivity index (χ3v) is 15.3. The summed E-state index contributed by atoms with van der Waals surface area (Å²) in [4.78, 5) is -2.49. The Kier molecular flexibility index (Phi) is 14.8. The summed E-state index contributed by atoms with van der Waals surface area (Å²) in [7, 11) is -19.4. The maximum absolute atomic E-state index is 12.9. The van der Waals surface area contributed by atoms with Gasteiger partial charge in [-0.1, -0.05) is 42.2 Å². The van der Waals surface area contributed by atoms with Gasteiger partial charge < -0.3 is 14.9 Å². The lowest BCUT2D eigenvalue weighted by atomic mass is 10.1. The number of fused-ring (bicyclic) bond motifs is 2. The second kappa shape index (κ2) is 20.1. The fourth-order valence-corrected chi connectivity index (χ4v) is 10.8. The summed E-state index contributed by atoms with van der Waals surface area (Å²) in [6, 6.07) is 12.8. The largest absolute Gasteiger partial charge is 0.505 e. The molecule has 6 N–H and O–H groups in total. The van der Waals surface area contributed by atoms with E-state index in [9.17, 15) is 62.1 Å². The number of thioether (sulfide) groups is 1. The van der Waals surface area contributed by atoms with Crippen molar-refractivity contribution >= 4 is 119 Å². The van der Waals surface area contributed by atoms with Crippen LogP contribution in [0, 0.1) is 13.8 Å². The number of ether oxygens (including phenoxy) is 1. The number of phenolic OH excluding ortho intramolecular Hbond substituents is 1. The van der Waals surface area contributed by atoms with E-state index in [2.05, 4.69) is 46.0 Å². The molecule has 0 fully saturated rings. The molecule has 0 unspecified atom stereocenters. The normalized spacial score (nSPS) is 13.0. The number of azo groups is 3. The molecule has 0 radical (unpaired) electrons. The summed E-state index contributed by atoms with van der Waals surface area (Å²) < 4.78 is 143. The number of hydrogen-bond donors (Lipinski definition) is 6. The minimum Gasteiger partial charge on any atom is -0.505 e. The van der Waals surface area contributed by atoms with Crippen LogP contribution in [0.25, 0.3) is 27.2 Å². The van der Waals surface area contributed by atoms with Crippen LogP contribution in [0.3, 0.4) is 0 Å². The Morgan fingerprint density at radius 2 is 1.37 bits per heavy atom. The number of nitrogens with zero attached hydrogens (tertiary/aromatic N) is 10. The molecule has 0 aliphatic carbocycles. The van der Waals surface area contributed by atoms with Gasteiger partial charge in [0.05, 0.1) is 34.3 Å². The molecular formula is C39H36N10O15S6. The molecule has 368 valence electrons. The molecule has 0 spiro atoms. The highest BCUT2D eigenvalue weighted by molar-refractivity contribution is 8.01.